The molecule has 192 valence electrons. The van der Waals surface area contributed by atoms with Crippen LogP contribution in [-0.2, 0) is 10.8 Å². The van der Waals surface area contributed by atoms with Crippen molar-refractivity contribution in [2.75, 3.05) is 24.4 Å². The molecular weight excluding hydrogens is 460 g/mol. The van der Waals surface area contributed by atoms with Crippen LogP contribution in [0, 0.1) is 0 Å². The van der Waals surface area contributed by atoms with Crippen LogP contribution in [0.3, 0.4) is 0 Å². The van der Waals surface area contributed by atoms with Gasteiger partial charge in [-0.3, -0.25) is 0 Å². The number of hydrogen-bond donors (Lipinski definition) is 1. The van der Waals surface area contributed by atoms with Gasteiger partial charge in [-0.2, -0.15) is 13.2 Å². The van der Waals surface area contributed by atoms with Gasteiger partial charge in [-0.15, -0.1) is 0 Å². The van der Waals surface area contributed by atoms with E-state index in [9.17, 15) is 17.6 Å². The lowest BCUT2D eigenvalue weighted by molar-refractivity contribution is -0.138. The molecule has 2 nitrogen and oxygen atoms in total. The first-order valence-corrected chi connectivity index (χ1v) is 12.7. The van der Waals surface area contributed by atoms with Gasteiger partial charge in [0.15, 0.2) is 0 Å². The zero-order valence-electron chi connectivity index (χ0n) is 21.4. The van der Waals surface area contributed by atoms with Crippen molar-refractivity contribution in [1.82, 2.24) is 4.90 Å². The van der Waals surface area contributed by atoms with Crippen LogP contribution < -0.4 is 4.72 Å². The van der Waals surface area contributed by atoms with Crippen molar-refractivity contribution in [3.8, 4) is 0 Å². The second-order valence-electron chi connectivity index (χ2n) is 9.59. The standard InChI is InChI=1S/C25H34F4N2S.C2H6/c1-6-7-20(26)10-17-32-30-22-9-8-19(23(2,3)4)18-21(22)24(5)11-14-31(15-12-24)16-13-25(27,28)29;1-2/h6-10,17-18,30H,1,11-16H2,2-5H3;1-2H3/b17-10+,20-7+;. The number of halogens is 4. The molecule has 7 heteroatoms. The fourth-order valence-electron chi connectivity index (χ4n) is 3.79. The van der Waals surface area contributed by atoms with Crippen molar-refractivity contribution in [2.24, 2.45) is 0 Å². The third kappa shape index (κ3) is 9.87. The molecule has 1 aromatic carbocycles. The van der Waals surface area contributed by atoms with Gasteiger partial charge in [0, 0.05) is 12.2 Å². The number of piperidine rings is 1. The summed E-state index contributed by atoms with van der Waals surface area (Å²) in [7, 11) is 0. The first-order valence-electron chi connectivity index (χ1n) is 11.8. The van der Waals surface area contributed by atoms with E-state index in [1.807, 2.05) is 24.8 Å². The van der Waals surface area contributed by atoms with E-state index in [1.54, 1.807) is 5.41 Å². The van der Waals surface area contributed by atoms with Crippen molar-refractivity contribution < 1.29 is 17.6 Å². The Balaban J connectivity index is 0.00000281. The second kappa shape index (κ2) is 13.4. The molecule has 1 heterocycles. The van der Waals surface area contributed by atoms with E-state index in [1.165, 1.54) is 35.7 Å². The minimum absolute atomic E-state index is 0.0251. The highest BCUT2D eigenvalue weighted by atomic mass is 32.2. The van der Waals surface area contributed by atoms with E-state index in [0.29, 0.717) is 13.1 Å². The summed E-state index contributed by atoms with van der Waals surface area (Å²) in [6.45, 7) is 17.5. The van der Waals surface area contributed by atoms with Gasteiger partial charge in [0.1, 0.15) is 5.83 Å². The third-order valence-electron chi connectivity index (χ3n) is 5.95. The highest BCUT2D eigenvalue weighted by Crippen LogP contribution is 2.42. The summed E-state index contributed by atoms with van der Waals surface area (Å²) in [6.07, 6.45) is 0.717. The molecule has 1 aliphatic rings. The van der Waals surface area contributed by atoms with E-state index in [2.05, 4.69) is 51.1 Å². The Hall–Kier alpha value is -1.73. The molecule has 34 heavy (non-hydrogen) atoms. The van der Waals surface area contributed by atoms with Crippen LogP contribution in [0.1, 0.15) is 71.9 Å². The smallest absolute Gasteiger partial charge is 0.326 e. The van der Waals surface area contributed by atoms with Gasteiger partial charge in [-0.05, 0) is 83.5 Å². The van der Waals surface area contributed by atoms with Gasteiger partial charge >= 0.3 is 6.18 Å². The zero-order chi connectivity index (χ0) is 26.0. The fourth-order valence-corrected chi connectivity index (χ4v) is 4.36. The summed E-state index contributed by atoms with van der Waals surface area (Å²) < 4.78 is 54.6. The van der Waals surface area contributed by atoms with Gasteiger partial charge < -0.3 is 9.62 Å². The Morgan fingerprint density at radius 3 is 2.32 bits per heavy atom. The van der Waals surface area contributed by atoms with Gasteiger partial charge in [0.25, 0.3) is 0 Å². The van der Waals surface area contributed by atoms with E-state index in [4.69, 9.17) is 0 Å². The van der Waals surface area contributed by atoms with Crippen LogP contribution in [0.5, 0.6) is 0 Å². The molecule has 1 aromatic rings. The molecule has 0 atom stereocenters. The van der Waals surface area contributed by atoms with Crippen molar-refractivity contribution >= 4 is 17.6 Å². The Morgan fingerprint density at radius 1 is 1.18 bits per heavy atom. The molecular formula is C27H40F4N2S. The van der Waals surface area contributed by atoms with Crippen molar-refractivity contribution in [2.45, 2.75) is 77.8 Å². The normalized spacial score (nSPS) is 17.3. The minimum Gasteiger partial charge on any atom is -0.326 e. The number of anilines is 1. The Kier molecular flexibility index (Phi) is 11.9. The maximum Gasteiger partial charge on any atom is 0.390 e. The first-order chi connectivity index (χ1) is 15.8. The van der Waals surface area contributed by atoms with Crippen LogP contribution in [-0.4, -0.2) is 30.7 Å². The Labute approximate surface area is 207 Å². The van der Waals surface area contributed by atoms with E-state index < -0.39 is 12.6 Å². The van der Waals surface area contributed by atoms with Gasteiger partial charge in [0.2, 0.25) is 0 Å². The number of likely N-dealkylation sites (tertiary alicyclic amines) is 1. The lowest BCUT2D eigenvalue weighted by atomic mass is 9.72. The van der Waals surface area contributed by atoms with Crippen molar-refractivity contribution in [1.29, 1.82) is 0 Å². The van der Waals surface area contributed by atoms with E-state index in [-0.39, 0.29) is 23.2 Å². The maximum absolute atomic E-state index is 13.5. The Morgan fingerprint density at radius 2 is 1.79 bits per heavy atom. The van der Waals surface area contributed by atoms with Crippen LogP contribution in [0.2, 0.25) is 0 Å². The lowest BCUT2D eigenvalue weighted by Crippen LogP contribution is -2.42. The molecule has 0 saturated carbocycles. The molecule has 0 unspecified atom stereocenters. The van der Waals surface area contributed by atoms with Crippen LogP contribution >= 0.6 is 11.9 Å². The number of nitrogens with zero attached hydrogens (tertiary/aromatic N) is 1. The molecule has 1 saturated heterocycles. The highest BCUT2D eigenvalue weighted by Gasteiger charge is 2.36. The molecule has 2 rings (SSSR count). The maximum atomic E-state index is 13.5. The summed E-state index contributed by atoms with van der Waals surface area (Å²) in [5.74, 6) is -0.379. The monoisotopic (exact) mass is 500 g/mol. The second-order valence-corrected chi connectivity index (χ2v) is 10.3. The fraction of sp³-hybridized carbons (Fsp3) is 0.556. The Bertz CT molecular complexity index is 830. The largest absolute Gasteiger partial charge is 0.390 e. The number of allylic oxidation sites excluding steroid dienone is 4. The average molecular weight is 501 g/mol. The predicted molar refractivity (Wildman–Crippen MR) is 140 cm³/mol. The zero-order valence-corrected chi connectivity index (χ0v) is 22.2. The number of nitrogens with one attached hydrogen (secondary N) is 1. The van der Waals surface area contributed by atoms with Gasteiger partial charge in [0.05, 0.1) is 6.42 Å². The molecule has 0 aliphatic carbocycles. The molecule has 1 N–H and O–H groups in total. The SMILES string of the molecule is C=C/C=C(F)\C=C\SNc1ccc(C(C)(C)C)cc1C1(C)CCN(CCC(F)(F)F)CC1.CC. The number of benzene rings is 1. The molecule has 1 fully saturated rings. The van der Waals surface area contributed by atoms with Crippen molar-refractivity contribution in [3.63, 3.8) is 0 Å². The summed E-state index contributed by atoms with van der Waals surface area (Å²) in [5.41, 5.74) is 3.13. The predicted octanol–water partition coefficient (Wildman–Crippen LogP) is 8.93. The lowest BCUT2D eigenvalue weighted by Gasteiger charge is -2.41. The molecule has 1 aliphatic heterocycles. The highest BCUT2D eigenvalue weighted by molar-refractivity contribution is 8.03. The summed E-state index contributed by atoms with van der Waals surface area (Å²) in [6, 6.07) is 6.36. The summed E-state index contributed by atoms with van der Waals surface area (Å²) in [4.78, 5) is 1.90. The molecule has 0 radical (unpaired) electrons. The molecule has 0 bridgehead atoms. The topological polar surface area (TPSA) is 15.3 Å². The van der Waals surface area contributed by atoms with Gasteiger partial charge in [-0.25, -0.2) is 4.39 Å². The summed E-state index contributed by atoms with van der Waals surface area (Å²) >= 11 is 1.28. The van der Waals surface area contributed by atoms with E-state index >= 15 is 0 Å². The average Bonchev–Trinajstić information content (AvgIpc) is 2.77. The van der Waals surface area contributed by atoms with Crippen LogP contribution in [0.25, 0.3) is 0 Å². The van der Waals surface area contributed by atoms with Crippen molar-refractivity contribution in [3.05, 3.63) is 65.4 Å². The molecule has 0 amide bonds. The first kappa shape index (κ1) is 30.3. The minimum atomic E-state index is -4.12. The quantitative estimate of drug-likeness (QED) is 0.218. The number of alkyl halides is 3. The van der Waals surface area contributed by atoms with Crippen LogP contribution in [0.15, 0.2) is 54.2 Å². The van der Waals surface area contributed by atoms with Crippen LogP contribution in [0.4, 0.5) is 23.2 Å². The van der Waals surface area contributed by atoms with Gasteiger partial charge in [-0.1, -0.05) is 66.3 Å². The van der Waals surface area contributed by atoms with E-state index in [0.717, 1.165) is 24.1 Å². The number of hydrogen-bond acceptors (Lipinski definition) is 3. The number of rotatable bonds is 8. The third-order valence-corrected chi connectivity index (χ3v) is 6.56. The molecule has 0 aromatic heterocycles. The summed E-state index contributed by atoms with van der Waals surface area (Å²) in [5, 5.41) is 1.64. The molecule has 0 spiro atoms.